The number of halogens is 5. The smallest absolute Gasteiger partial charge is 0.265 e. The van der Waals surface area contributed by atoms with Crippen molar-refractivity contribution in [2.45, 2.75) is 152 Å². The van der Waals surface area contributed by atoms with E-state index in [4.69, 9.17) is 32.7 Å². The lowest BCUT2D eigenvalue weighted by atomic mass is 9.97. The highest BCUT2D eigenvalue weighted by Crippen LogP contribution is 2.47. The minimum atomic E-state index is -0.513. The first-order valence-corrected chi connectivity index (χ1v) is 31.7. The van der Waals surface area contributed by atoms with Crippen molar-refractivity contribution in [1.29, 1.82) is 0 Å². The van der Waals surface area contributed by atoms with Gasteiger partial charge in [0, 0.05) is 72.1 Å². The van der Waals surface area contributed by atoms with E-state index in [1.807, 2.05) is 13.8 Å². The Kier molecular flexibility index (Phi) is 21.2. The molecule has 5 aliphatic carbocycles. The Balaban J connectivity index is 0.000000177. The van der Waals surface area contributed by atoms with Gasteiger partial charge in [-0.2, -0.15) is 0 Å². The maximum Gasteiger partial charge on any atom is 0.265 e. The summed E-state index contributed by atoms with van der Waals surface area (Å²) < 4.78 is 49.8. The molecule has 2 amide bonds. The predicted octanol–water partition coefficient (Wildman–Crippen LogP) is 15.5. The molecule has 0 radical (unpaired) electrons. The highest BCUT2D eigenvalue weighted by Gasteiger charge is 2.33. The molecular formula is C61H78Cl3F2N5O4S2. The van der Waals surface area contributed by atoms with Gasteiger partial charge < -0.3 is 9.47 Å². The molecule has 8 fully saturated rings. The molecule has 0 atom stereocenters. The lowest BCUT2D eigenvalue weighted by Crippen LogP contribution is -2.35. The Labute approximate surface area is 480 Å². The van der Waals surface area contributed by atoms with Crippen molar-refractivity contribution in [3.63, 3.8) is 0 Å². The van der Waals surface area contributed by atoms with Crippen LogP contribution in [0.15, 0.2) is 60.7 Å². The van der Waals surface area contributed by atoms with Crippen LogP contribution in [0.5, 0.6) is 11.5 Å². The van der Waals surface area contributed by atoms with Crippen molar-refractivity contribution < 1.29 is 27.8 Å². The first-order valence-electron chi connectivity index (χ1n) is 28.6. The van der Waals surface area contributed by atoms with Gasteiger partial charge in [-0.1, -0.05) is 61.3 Å². The summed E-state index contributed by atoms with van der Waals surface area (Å²) in [7, 11) is 0. The van der Waals surface area contributed by atoms with Crippen molar-refractivity contribution in [1.82, 2.24) is 23.5 Å². The molecule has 4 aromatic carbocycles. The third kappa shape index (κ3) is 16.7. The largest absolute Gasteiger partial charge is 0.493 e. The highest BCUT2D eigenvalue weighted by molar-refractivity contribution is 7.98. The van der Waals surface area contributed by atoms with Gasteiger partial charge in [0.2, 0.25) is 0 Å². The molecule has 3 saturated heterocycles. The average Bonchev–Trinajstić information content (AvgIpc) is 4.22. The fraction of sp³-hybridized carbons (Fsp3) is 0.574. The van der Waals surface area contributed by atoms with Crippen LogP contribution in [-0.2, 0) is 13.1 Å². The molecule has 8 aliphatic rings. The second kappa shape index (κ2) is 27.9. The van der Waals surface area contributed by atoms with Crippen LogP contribution >= 0.6 is 58.9 Å². The van der Waals surface area contributed by atoms with E-state index >= 15 is 0 Å². The number of nitrogens with zero attached hydrogens (tertiary/aromatic N) is 3. The fourth-order valence-corrected chi connectivity index (χ4v) is 12.3. The van der Waals surface area contributed by atoms with Gasteiger partial charge in [-0.15, -0.1) is 11.6 Å². The average molecular weight is 1150 g/mol. The second-order valence-electron chi connectivity index (χ2n) is 22.2. The molecule has 9 nitrogen and oxygen atoms in total. The number of piperidine rings is 2. The zero-order chi connectivity index (χ0) is 54.0. The van der Waals surface area contributed by atoms with Crippen molar-refractivity contribution in [3.05, 3.63) is 127 Å². The van der Waals surface area contributed by atoms with Gasteiger partial charge in [0.15, 0.2) is 0 Å². The Morgan fingerprint density at radius 2 is 0.974 bits per heavy atom. The van der Waals surface area contributed by atoms with Crippen LogP contribution in [0.1, 0.15) is 188 Å². The van der Waals surface area contributed by atoms with Crippen LogP contribution in [0.4, 0.5) is 8.78 Å². The molecule has 3 aliphatic heterocycles. The molecule has 77 heavy (non-hydrogen) atoms. The fourth-order valence-electron chi connectivity index (χ4n) is 10.3. The van der Waals surface area contributed by atoms with Gasteiger partial charge in [0.1, 0.15) is 23.1 Å². The summed E-state index contributed by atoms with van der Waals surface area (Å²) >= 11 is 20.5. The Morgan fingerprint density at radius 3 is 1.34 bits per heavy atom. The summed E-state index contributed by atoms with van der Waals surface area (Å²) in [5.74, 6) is 2.57. The maximum atomic E-state index is 14.9. The van der Waals surface area contributed by atoms with Gasteiger partial charge in [0.25, 0.3) is 11.8 Å². The number of amides is 2. The Bertz CT molecular complexity index is 2630. The lowest BCUT2D eigenvalue weighted by molar-refractivity contribution is 0.0970. The number of hydrogen-bond acceptors (Lipinski definition) is 9. The van der Waals surface area contributed by atoms with E-state index in [1.165, 1.54) is 90.5 Å². The molecule has 0 aromatic heterocycles. The van der Waals surface area contributed by atoms with E-state index < -0.39 is 11.6 Å². The number of hydrogen-bond donors (Lipinski definition) is 2. The predicted molar refractivity (Wildman–Crippen MR) is 313 cm³/mol. The number of carbonyl (C=O) groups excluding carboxylic acids is 2. The van der Waals surface area contributed by atoms with Gasteiger partial charge in [0.05, 0.1) is 24.3 Å². The number of likely N-dealkylation sites (tertiary alicyclic amines) is 2. The van der Waals surface area contributed by atoms with Crippen molar-refractivity contribution in [3.8, 4) is 11.5 Å². The topological polar surface area (TPSA) is 86.4 Å². The number of benzene rings is 4. The number of carbonyl (C=O) groups is 2. The lowest BCUT2D eigenvalue weighted by Gasteiger charge is -2.32. The van der Waals surface area contributed by atoms with Crippen LogP contribution in [0.2, 0.25) is 10.0 Å². The normalized spacial score (nSPS) is 20.1. The number of nitrogens with one attached hydrogen (secondary N) is 2. The summed E-state index contributed by atoms with van der Waals surface area (Å²) in [6, 6.07) is 19.5. The van der Waals surface area contributed by atoms with Gasteiger partial charge in [-0.25, -0.2) is 13.1 Å². The summed E-state index contributed by atoms with van der Waals surface area (Å²) in [6.45, 7) is 12.9. The number of ether oxygens (including phenoxy) is 2. The first-order chi connectivity index (χ1) is 37.6. The van der Waals surface area contributed by atoms with Crippen LogP contribution in [-0.4, -0.2) is 90.0 Å². The Morgan fingerprint density at radius 1 is 0.558 bits per heavy atom. The van der Waals surface area contributed by atoms with Gasteiger partial charge >= 0.3 is 0 Å². The molecule has 5 saturated carbocycles. The monoisotopic (exact) mass is 1150 g/mol. The van der Waals surface area contributed by atoms with Crippen LogP contribution in [0.25, 0.3) is 0 Å². The summed E-state index contributed by atoms with van der Waals surface area (Å²) in [5.41, 5.74) is 7.38. The van der Waals surface area contributed by atoms with Crippen molar-refractivity contribution in [2.24, 2.45) is 11.8 Å². The van der Waals surface area contributed by atoms with Gasteiger partial charge in [-0.05, 0) is 228 Å². The van der Waals surface area contributed by atoms with E-state index in [0.29, 0.717) is 53.6 Å². The van der Waals surface area contributed by atoms with Crippen LogP contribution in [0.3, 0.4) is 0 Å². The molecular weight excluding hydrogens is 1080 g/mol. The molecule has 0 bridgehead atoms. The van der Waals surface area contributed by atoms with E-state index in [2.05, 4.69) is 71.5 Å². The van der Waals surface area contributed by atoms with Crippen LogP contribution in [0, 0.1) is 23.5 Å². The minimum Gasteiger partial charge on any atom is -0.493 e. The third-order valence-electron chi connectivity index (χ3n) is 16.1. The summed E-state index contributed by atoms with van der Waals surface area (Å²) in [6.07, 6.45) is 18.5. The quantitative estimate of drug-likeness (QED) is 0.0664. The molecule has 12 rings (SSSR count). The number of alkyl halides is 1. The molecule has 16 heteroatoms. The summed E-state index contributed by atoms with van der Waals surface area (Å²) in [5, 5.41) is 2.27. The van der Waals surface area contributed by atoms with Crippen molar-refractivity contribution in [2.75, 3.05) is 58.9 Å². The molecule has 2 N–H and O–H groups in total. The standard InChI is InChI=1S/C29H35ClFN3O2S.C29H34ClFN2O2S.C2H6.CH3Cl/c30-26-14-22(20-2-3-20)6-7-23(26)17-33-12-8-19(9-13-33)18-36-28-16-27(31)25(15-24(28)21-4-5-21)29(35)32-37-34-10-1-11-34;30-26-13-21(19-1-2-19)5-6-22(26)16-33-11-9-18(10-12-33)17-35-28-15-27(31)25(14-24(28)20-3-4-20)29(34)32-36-23-7-8-23;2*1-2/h6-7,14-16,19-21H,1-5,8-13,17-18H2,(H,32,35);5-6,13-15,18-20,23H,1-4,7-12,16-17H2,(H,32,34);1-2H3;1H3. The number of rotatable bonds is 20. The van der Waals surface area contributed by atoms with Crippen LogP contribution < -0.4 is 18.9 Å². The van der Waals surface area contributed by atoms with E-state index in [1.54, 1.807) is 12.1 Å². The first kappa shape index (κ1) is 58.4. The van der Waals surface area contributed by atoms with E-state index in [-0.39, 0.29) is 22.9 Å². The zero-order valence-corrected chi connectivity index (χ0v) is 49.1. The molecule has 4 aromatic rings. The molecule has 418 valence electrons. The van der Waals surface area contributed by atoms with Crippen molar-refractivity contribution >= 4 is 70.7 Å². The SMILES string of the molecule is CC.CCl.O=C(NSC1CC1)c1cc(C2CC2)c(OCC2CCN(Cc3ccc(C4CC4)cc3Cl)CC2)cc1F.O=C(NSN1CCC1)c1cc(C2CC2)c(OCC2CCN(Cc3ccc(C4CC4)cc3Cl)CC2)cc1F. The summed E-state index contributed by atoms with van der Waals surface area (Å²) in [4.78, 5) is 30.1. The van der Waals surface area contributed by atoms with Gasteiger partial charge in [-0.3, -0.25) is 28.8 Å². The minimum absolute atomic E-state index is 0.111. The molecule has 0 spiro atoms. The maximum absolute atomic E-state index is 14.9. The van der Waals surface area contributed by atoms with E-state index in [9.17, 15) is 18.4 Å². The highest BCUT2D eigenvalue weighted by atomic mass is 35.5. The second-order valence-corrected chi connectivity index (χ2v) is 25.0. The zero-order valence-electron chi connectivity index (χ0n) is 45.2. The van der Waals surface area contributed by atoms with E-state index in [0.717, 1.165) is 156 Å². The Hall–Kier alpha value is -3.27. The third-order valence-corrected chi connectivity index (χ3v) is 18.8. The molecule has 0 unspecified atom stereocenters. The molecule has 3 heterocycles.